The zero-order valence-corrected chi connectivity index (χ0v) is 19.7. The Kier molecular flexibility index (Phi) is 9.59. The maximum Gasteiger partial charge on any atom is 0.434 e. The number of hydrogen-bond donors (Lipinski definition) is 2. The predicted octanol–water partition coefficient (Wildman–Crippen LogP) is 4.40. The lowest BCUT2D eigenvalue weighted by Crippen LogP contribution is -2.37. The van der Waals surface area contributed by atoms with Crippen LogP contribution in [-0.4, -0.2) is 35.6 Å². The zero-order valence-electron chi connectivity index (χ0n) is 16.5. The lowest BCUT2D eigenvalue weighted by Gasteiger charge is -2.14. The topological polar surface area (TPSA) is 71.4 Å². The van der Waals surface area contributed by atoms with Crippen molar-refractivity contribution in [3.63, 3.8) is 0 Å². The normalized spacial score (nSPS) is 15.0. The first-order valence-corrected chi connectivity index (χ1v) is 10.4. The van der Waals surface area contributed by atoms with Crippen LogP contribution < -0.4 is 15.4 Å². The van der Waals surface area contributed by atoms with Crippen LogP contribution in [0.3, 0.4) is 0 Å². The third kappa shape index (κ3) is 7.56. The van der Waals surface area contributed by atoms with Gasteiger partial charge < -0.3 is 15.4 Å². The standard InChI is InChI=1S/C19H24F3N5OS.HI/c1-23-18(25-9-7-17-27-15(12-29-17)19(20,21)22)26-11-13-6-8-24-16(10-13)28-14-4-2-3-5-14;/h6,8,10,12,14H,2-5,7,9,11H2,1H3,(H2,23,25,26);1H. The number of guanidine groups is 1. The Hall–Kier alpha value is -1.63. The maximum atomic E-state index is 12.6. The second-order valence-electron chi connectivity index (χ2n) is 6.75. The van der Waals surface area contributed by atoms with Crippen LogP contribution in [0.5, 0.6) is 5.88 Å². The molecule has 2 heterocycles. The number of alkyl halides is 3. The fourth-order valence-electron chi connectivity index (χ4n) is 3.05. The summed E-state index contributed by atoms with van der Waals surface area (Å²) in [5.41, 5.74) is 0.166. The molecule has 1 aliphatic rings. The SMILES string of the molecule is CN=C(NCCc1nc(C(F)(F)F)cs1)NCc1ccnc(OC2CCCC2)c1.I. The monoisotopic (exact) mass is 555 g/mol. The number of halogens is 4. The molecule has 2 aromatic heterocycles. The molecule has 11 heteroatoms. The Balaban J connectivity index is 0.00000320. The molecule has 6 nitrogen and oxygen atoms in total. The lowest BCUT2D eigenvalue weighted by atomic mass is 10.2. The van der Waals surface area contributed by atoms with Crippen molar-refractivity contribution in [2.24, 2.45) is 4.99 Å². The first-order chi connectivity index (χ1) is 13.9. The molecule has 1 aliphatic carbocycles. The van der Waals surface area contributed by atoms with E-state index in [0.717, 1.165) is 35.1 Å². The molecule has 0 atom stereocenters. The molecule has 2 aromatic rings. The molecule has 0 radical (unpaired) electrons. The minimum atomic E-state index is -4.40. The summed E-state index contributed by atoms with van der Waals surface area (Å²) in [7, 11) is 1.64. The molecule has 0 aromatic carbocycles. The average Bonchev–Trinajstić information content (AvgIpc) is 3.36. The van der Waals surface area contributed by atoms with Crippen LogP contribution in [0.15, 0.2) is 28.7 Å². The highest BCUT2D eigenvalue weighted by Gasteiger charge is 2.33. The maximum absolute atomic E-state index is 12.6. The highest BCUT2D eigenvalue weighted by molar-refractivity contribution is 14.0. The van der Waals surface area contributed by atoms with Crippen molar-refractivity contribution in [1.82, 2.24) is 20.6 Å². The minimum absolute atomic E-state index is 0. The predicted molar refractivity (Wildman–Crippen MR) is 122 cm³/mol. The summed E-state index contributed by atoms with van der Waals surface area (Å²) in [5, 5.41) is 7.74. The molecule has 0 amide bonds. The fraction of sp³-hybridized carbons (Fsp3) is 0.526. The van der Waals surface area contributed by atoms with E-state index >= 15 is 0 Å². The fourth-order valence-corrected chi connectivity index (χ4v) is 3.86. The van der Waals surface area contributed by atoms with Crippen LogP contribution in [0.4, 0.5) is 13.2 Å². The van der Waals surface area contributed by atoms with Crippen molar-refractivity contribution in [2.45, 2.75) is 50.9 Å². The molecule has 0 unspecified atom stereocenters. The van der Waals surface area contributed by atoms with Gasteiger partial charge in [0.25, 0.3) is 0 Å². The molecule has 0 saturated heterocycles. The number of pyridine rings is 1. The van der Waals surface area contributed by atoms with E-state index in [4.69, 9.17) is 4.74 Å². The van der Waals surface area contributed by atoms with Gasteiger partial charge in [-0.1, -0.05) is 0 Å². The Labute approximate surface area is 194 Å². The molecule has 166 valence electrons. The average molecular weight is 555 g/mol. The van der Waals surface area contributed by atoms with Crippen molar-refractivity contribution >= 4 is 41.3 Å². The third-order valence-corrected chi connectivity index (χ3v) is 5.45. The van der Waals surface area contributed by atoms with Gasteiger partial charge in [-0.3, -0.25) is 4.99 Å². The number of rotatable bonds is 7. The van der Waals surface area contributed by atoms with E-state index in [1.807, 2.05) is 12.1 Å². The van der Waals surface area contributed by atoms with Gasteiger partial charge in [-0.25, -0.2) is 9.97 Å². The summed E-state index contributed by atoms with van der Waals surface area (Å²) in [4.78, 5) is 12.0. The van der Waals surface area contributed by atoms with Crippen LogP contribution in [0, 0.1) is 0 Å². The Morgan fingerprint density at radius 1 is 1.30 bits per heavy atom. The van der Waals surface area contributed by atoms with Crippen LogP contribution in [0.25, 0.3) is 0 Å². The lowest BCUT2D eigenvalue weighted by molar-refractivity contribution is -0.140. The minimum Gasteiger partial charge on any atom is -0.474 e. The zero-order chi connectivity index (χ0) is 20.7. The second kappa shape index (κ2) is 11.7. The molecule has 3 rings (SSSR count). The smallest absolute Gasteiger partial charge is 0.434 e. The summed E-state index contributed by atoms with van der Waals surface area (Å²) < 4.78 is 43.7. The first-order valence-electron chi connectivity index (χ1n) is 9.52. The highest BCUT2D eigenvalue weighted by Crippen LogP contribution is 2.30. The second-order valence-corrected chi connectivity index (χ2v) is 7.70. The summed E-state index contributed by atoms with van der Waals surface area (Å²) >= 11 is 1.01. The molecule has 30 heavy (non-hydrogen) atoms. The van der Waals surface area contributed by atoms with Gasteiger partial charge in [-0.15, -0.1) is 35.3 Å². The quantitative estimate of drug-likeness (QED) is 0.301. The van der Waals surface area contributed by atoms with E-state index in [2.05, 4.69) is 25.6 Å². The van der Waals surface area contributed by atoms with Crippen molar-refractivity contribution in [2.75, 3.05) is 13.6 Å². The molecule has 0 spiro atoms. The van der Waals surface area contributed by atoms with E-state index in [0.29, 0.717) is 36.4 Å². The summed E-state index contributed by atoms with van der Waals surface area (Å²) in [5.74, 6) is 1.19. The largest absolute Gasteiger partial charge is 0.474 e. The first kappa shape index (κ1) is 24.6. The Morgan fingerprint density at radius 2 is 2.07 bits per heavy atom. The van der Waals surface area contributed by atoms with Crippen molar-refractivity contribution in [1.29, 1.82) is 0 Å². The highest BCUT2D eigenvalue weighted by atomic mass is 127. The number of nitrogens with one attached hydrogen (secondary N) is 2. The molecule has 0 bridgehead atoms. The van der Waals surface area contributed by atoms with Gasteiger partial charge in [0.15, 0.2) is 11.7 Å². The number of aromatic nitrogens is 2. The van der Waals surface area contributed by atoms with E-state index in [1.54, 1.807) is 13.2 Å². The number of hydrogen-bond acceptors (Lipinski definition) is 5. The molecular formula is C19H25F3IN5OS. The van der Waals surface area contributed by atoms with Crippen LogP contribution in [0.2, 0.25) is 0 Å². The molecule has 0 aliphatic heterocycles. The Bertz CT molecular complexity index is 824. The number of ether oxygens (including phenoxy) is 1. The van der Waals surface area contributed by atoms with Gasteiger partial charge in [0, 0.05) is 44.2 Å². The van der Waals surface area contributed by atoms with Gasteiger partial charge in [-0.2, -0.15) is 13.2 Å². The van der Waals surface area contributed by atoms with Crippen molar-refractivity contribution in [3.05, 3.63) is 40.0 Å². The summed E-state index contributed by atoms with van der Waals surface area (Å²) in [6.45, 7) is 0.954. The van der Waals surface area contributed by atoms with Crippen molar-refractivity contribution < 1.29 is 17.9 Å². The third-order valence-electron chi connectivity index (χ3n) is 4.55. The van der Waals surface area contributed by atoms with Gasteiger partial charge in [0.2, 0.25) is 5.88 Å². The van der Waals surface area contributed by atoms with Crippen molar-refractivity contribution in [3.8, 4) is 5.88 Å². The van der Waals surface area contributed by atoms with E-state index in [1.165, 1.54) is 12.8 Å². The van der Waals surface area contributed by atoms with Crippen LogP contribution >= 0.6 is 35.3 Å². The van der Waals surface area contributed by atoms with Crippen LogP contribution in [0.1, 0.15) is 41.9 Å². The Morgan fingerprint density at radius 3 is 2.73 bits per heavy atom. The van der Waals surface area contributed by atoms with Gasteiger partial charge in [0.1, 0.15) is 6.10 Å². The summed E-state index contributed by atoms with van der Waals surface area (Å²) in [6.07, 6.45) is 2.51. The van der Waals surface area contributed by atoms with Gasteiger partial charge >= 0.3 is 6.18 Å². The number of thiazole rings is 1. The molecule has 1 saturated carbocycles. The number of aliphatic imine (C=N–C) groups is 1. The van der Waals surface area contributed by atoms with Gasteiger partial charge in [-0.05, 0) is 37.3 Å². The van der Waals surface area contributed by atoms with Crippen LogP contribution in [-0.2, 0) is 19.1 Å². The number of nitrogens with zero attached hydrogens (tertiary/aromatic N) is 3. The molecular weight excluding hydrogens is 530 g/mol. The molecule has 2 N–H and O–H groups in total. The summed E-state index contributed by atoms with van der Waals surface area (Å²) in [6, 6.07) is 3.81. The molecule has 1 fully saturated rings. The van der Waals surface area contributed by atoms with E-state index in [9.17, 15) is 13.2 Å². The van der Waals surface area contributed by atoms with E-state index < -0.39 is 11.9 Å². The van der Waals surface area contributed by atoms with Gasteiger partial charge in [0.05, 0.1) is 5.01 Å². The van der Waals surface area contributed by atoms with E-state index in [-0.39, 0.29) is 30.1 Å².